The Kier molecular flexibility index (Phi) is 6.39. The topological polar surface area (TPSA) is 40.5 Å². The second kappa shape index (κ2) is 6.44. The zero-order chi connectivity index (χ0) is 9.56. The van der Waals surface area contributed by atoms with Crippen molar-refractivity contribution in [2.24, 2.45) is 11.8 Å². The summed E-state index contributed by atoms with van der Waals surface area (Å²) in [6.45, 7) is 6.30. The summed E-state index contributed by atoms with van der Waals surface area (Å²) in [5.41, 5.74) is 0. The highest BCUT2D eigenvalue weighted by Crippen LogP contribution is 2.14. The van der Waals surface area contributed by atoms with Crippen LogP contribution in [-0.4, -0.2) is 16.5 Å². The van der Waals surface area contributed by atoms with Crippen molar-refractivity contribution in [2.45, 2.75) is 52.7 Å². The molecule has 0 fully saturated rings. The molecule has 0 aliphatic carbocycles. The maximum atomic E-state index is 8.78. The van der Waals surface area contributed by atoms with E-state index in [1.54, 1.807) is 0 Å². The van der Waals surface area contributed by atoms with E-state index in [2.05, 4.69) is 13.8 Å². The molecular weight excluding hydrogens is 152 g/mol. The summed E-state index contributed by atoms with van der Waals surface area (Å²) in [4.78, 5) is 0. The van der Waals surface area contributed by atoms with Crippen LogP contribution in [0.2, 0.25) is 0 Å². The quantitative estimate of drug-likeness (QED) is 0.478. The molecule has 12 heavy (non-hydrogen) atoms. The van der Waals surface area contributed by atoms with Crippen LogP contribution < -0.4 is 0 Å². The zero-order valence-corrected chi connectivity index (χ0v) is 8.45. The molecule has 2 nitrogen and oxygen atoms in total. The van der Waals surface area contributed by atoms with E-state index in [-0.39, 0.29) is 5.92 Å². The van der Waals surface area contributed by atoms with Crippen LogP contribution in [0, 0.1) is 11.8 Å². The molecule has 0 heterocycles. The van der Waals surface area contributed by atoms with Crippen LogP contribution in [0.1, 0.15) is 46.5 Å². The van der Waals surface area contributed by atoms with Gasteiger partial charge in [0.15, 0.2) is 6.29 Å². The molecule has 1 unspecified atom stereocenters. The van der Waals surface area contributed by atoms with E-state index in [0.29, 0.717) is 0 Å². The Hall–Kier alpha value is -0.0800. The molecule has 0 aliphatic heterocycles. The summed E-state index contributed by atoms with van der Waals surface area (Å²) in [5.74, 6) is 0.788. The molecule has 0 amide bonds. The predicted octanol–water partition coefficient (Wildman–Crippen LogP) is 2.15. The third kappa shape index (κ3) is 6.62. The van der Waals surface area contributed by atoms with Crippen molar-refractivity contribution in [2.75, 3.05) is 0 Å². The Morgan fingerprint density at radius 1 is 0.917 bits per heavy atom. The Labute approximate surface area is 75.6 Å². The Balaban J connectivity index is 3.20. The Morgan fingerprint density at radius 2 is 1.42 bits per heavy atom. The molecular formula is C10H22O2. The summed E-state index contributed by atoms with van der Waals surface area (Å²) in [5, 5.41) is 17.6. The lowest BCUT2D eigenvalue weighted by Crippen LogP contribution is -2.16. The first-order valence-electron chi connectivity index (χ1n) is 4.90. The van der Waals surface area contributed by atoms with E-state index >= 15 is 0 Å². The fourth-order valence-electron chi connectivity index (χ4n) is 1.17. The van der Waals surface area contributed by atoms with E-state index < -0.39 is 6.29 Å². The van der Waals surface area contributed by atoms with Crippen LogP contribution in [0.25, 0.3) is 0 Å². The van der Waals surface area contributed by atoms with E-state index in [4.69, 9.17) is 10.2 Å². The summed E-state index contributed by atoms with van der Waals surface area (Å²) >= 11 is 0. The number of aliphatic hydroxyl groups excluding tert-OH is 1. The lowest BCUT2D eigenvalue weighted by Gasteiger charge is -2.13. The molecule has 2 heteroatoms. The van der Waals surface area contributed by atoms with E-state index in [0.717, 1.165) is 18.8 Å². The highest BCUT2D eigenvalue weighted by molar-refractivity contribution is 4.55. The molecule has 0 saturated heterocycles. The molecule has 0 aromatic heterocycles. The minimum absolute atomic E-state index is 0.0252. The predicted molar refractivity (Wildman–Crippen MR) is 50.7 cm³/mol. The summed E-state index contributed by atoms with van der Waals surface area (Å²) in [7, 11) is 0. The molecule has 0 spiro atoms. The smallest absolute Gasteiger partial charge is 0.154 e. The first-order chi connectivity index (χ1) is 5.54. The van der Waals surface area contributed by atoms with Crippen molar-refractivity contribution in [1.82, 2.24) is 0 Å². The molecule has 0 radical (unpaired) electrons. The average Bonchev–Trinajstić information content (AvgIpc) is 1.97. The minimum atomic E-state index is -1.14. The fourth-order valence-corrected chi connectivity index (χ4v) is 1.17. The van der Waals surface area contributed by atoms with Gasteiger partial charge in [-0.3, -0.25) is 0 Å². The van der Waals surface area contributed by atoms with Gasteiger partial charge in [0.1, 0.15) is 0 Å². The van der Waals surface area contributed by atoms with Gasteiger partial charge in [-0.05, 0) is 12.3 Å². The monoisotopic (exact) mass is 174 g/mol. The van der Waals surface area contributed by atoms with Gasteiger partial charge < -0.3 is 10.2 Å². The fraction of sp³-hybridized carbons (Fsp3) is 1.00. The van der Waals surface area contributed by atoms with E-state index in [9.17, 15) is 0 Å². The standard InChI is InChI=1S/C10H22O2/c1-8(2)6-4-5-7-9(3)10(11)12/h8-12H,4-7H2,1-3H3. The highest BCUT2D eigenvalue weighted by atomic mass is 16.5. The van der Waals surface area contributed by atoms with Crippen LogP contribution in [-0.2, 0) is 0 Å². The van der Waals surface area contributed by atoms with Crippen LogP contribution in [0.3, 0.4) is 0 Å². The summed E-state index contributed by atoms with van der Waals surface area (Å²) in [6.07, 6.45) is 3.34. The van der Waals surface area contributed by atoms with E-state index in [1.807, 2.05) is 6.92 Å². The first kappa shape index (κ1) is 11.9. The number of hydrogen-bond acceptors (Lipinski definition) is 2. The van der Waals surface area contributed by atoms with Crippen molar-refractivity contribution in [3.8, 4) is 0 Å². The number of rotatable bonds is 6. The molecule has 2 N–H and O–H groups in total. The zero-order valence-electron chi connectivity index (χ0n) is 8.45. The SMILES string of the molecule is CC(C)CCCCC(C)C(O)O. The summed E-state index contributed by atoms with van der Waals surface area (Å²) in [6, 6.07) is 0. The molecule has 0 rings (SSSR count). The second-order valence-corrected chi connectivity index (χ2v) is 4.07. The maximum Gasteiger partial charge on any atom is 0.154 e. The minimum Gasteiger partial charge on any atom is -0.368 e. The van der Waals surface area contributed by atoms with Crippen LogP contribution in [0.4, 0.5) is 0 Å². The molecule has 74 valence electrons. The van der Waals surface area contributed by atoms with Gasteiger partial charge in [-0.25, -0.2) is 0 Å². The largest absolute Gasteiger partial charge is 0.368 e. The van der Waals surface area contributed by atoms with Gasteiger partial charge in [0, 0.05) is 5.92 Å². The number of aliphatic hydroxyl groups is 2. The lowest BCUT2D eigenvalue weighted by molar-refractivity contribution is -0.0808. The van der Waals surface area contributed by atoms with Gasteiger partial charge >= 0.3 is 0 Å². The molecule has 0 saturated carbocycles. The summed E-state index contributed by atoms with van der Waals surface area (Å²) < 4.78 is 0. The normalized spacial score (nSPS) is 14.2. The van der Waals surface area contributed by atoms with E-state index in [1.165, 1.54) is 12.8 Å². The molecule has 0 aliphatic rings. The highest BCUT2D eigenvalue weighted by Gasteiger charge is 2.09. The van der Waals surface area contributed by atoms with Gasteiger partial charge in [0.25, 0.3) is 0 Å². The number of unbranched alkanes of at least 4 members (excludes halogenated alkanes) is 1. The van der Waals surface area contributed by atoms with Crippen LogP contribution in [0.15, 0.2) is 0 Å². The lowest BCUT2D eigenvalue weighted by atomic mass is 10.00. The van der Waals surface area contributed by atoms with Gasteiger partial charge in [0.2, 0.25) is 0 Å². The van der Waals surface area contributed by atoms with Crippen molar-refractivity contribution in [3.63, 3.8) is 0 Å². The molecule has 0 aromatic rings. The molecule has 0 aromatic carbocycles. The van der Waals surface area contributed by atoms with Gasteiger partial charge in [-0.2, -0.15) is 0 Å². The first-order valence-corrected chi connectivity index (χ1v) is 4.90. The maximum absolute atomic E-state index is 8.78. The van der Waals surface area contributed by atoms with Gasteiger partial charge in [-0.15, -0.1) is 0 Å². The third-order valence-electron chi connectivity index (χ3n) is 2.20. The van der Waals surface area contributed by atoms with Crippen molar-refractivity contribution < 1.29 is 10.2 Å². The van der Waals surface area contributed by atoms with Crippen molar-refractivity contribution in [1.29, 1.82) is 0 Å². The molecule has 0 bridgehead atoms. The molecule has 1 atom stereocenters. The Bertz CT molecular complexity index is 100. The second-order valence-electron chi connectivity index (χ2n) is 4.07. The van der Waals surface area contributed by atoms with Crippen molar-refractivity contribution in [3.05, 3.63) is 0 Å². The van der Waals surface area contributed by atoms with Crippen LogP contribution >= 0.6 is 0 Å². The van der Waals surface area contributed by atoms with Crippen LogP contribution in [0.5, 0.6) is 0 Å². The average molecular weight is 174 g/mol. The van der Waals surface area contributed by atoms with Crippen molar-refractivity contribution >= 4 is 0 Å². The van der Waals surface area contributed by atoms with Gasteiger partial charge in [-0.1, -0.05) is 40.0 Å². The Morgan fingerprint density at radius 3 is 1.83 bits per heavy atom. The van der Waals surface area contributed by atoms with Gasteiger partial charge in [0.05, 0.1) is 0 Å². The number of hydrogen-bond donors (Lipinski definition) is 2. The third-order valence-corrected chi connectivity index (χ3v) is 2.20.